The molecule has 45 heavy (non-hydrogen) atoms. The Morgan fingerprint density at radius 2 is 1.18 bits per heavy atom. The summed E-state index contributed by atoms with van der Waals surface area (Å²) in [7, 11) is 0. The lowest BCUT2D eigenvalue weighted by Crippen LogP contribution is -2.16. The van der Waals surface area contributed by atoms with E-state index < -0.39 is 11.7 Å². The van der Waals surface area contributed by atoms with Crippen molar-refractivity contribution in [2.75, 3.05) is 4.90 Å². The number of pyridine rings is 1. The standard InChI is InChI=1S/C39H31F3N2O/c1-24-13-22-33(44-31-9-5-7-11-34(31)45-35-12-8-6-10-32(35)44)37-36(24)29(25-14-18-27(19-15-25)38(2,3)4)23-30(43-37)26-16-20-28(21-17-26)39(40,41)42/h5-23H,1-4H3. The molecule has 3 nitrogen and oxygen atoms in total. The molecule has 1 aliphatic heterocycles. The Hall–Kier alpha value is -5.10. The Morgan fingerprint density at radius 3 is 1.76 bits per heavy atom. The van der Waals surface area contributed by atoms with Gasteiger partial charge in [0.05, 0.1) is 33.8 Å². The first-order chi connectivity index (χ1) is 21.5. The highest BCUT2D eigenvalue weighted by atomic mass is 19.4. The van der Waals surface area contributed by atoms with Crippen LogP contribution in [-0.2, 0) is 11.6 Å². The average Bonchev–Trinajstić information content (AvgIpc) is 3.03. The van der Waals surface area contributed by atoms with Gasteiger partial charge in [0.15, 0.2) is 11.5 Å². The van der Waals surface area contributed by atoms with Crippen molar-refractivity contribution in [2.24, 2.45) is 0 Å². The van der Waals surface area contributed by atoms with Gasteiger partial charge in [-0.15, -0.1) is 0 Å². The van der Waals surface area contributed by atoms with Crippen LogP contribution in [0.5, 0.6) is 11.5 Å². The normalized spacial score (nSPS) is 12.9. The highest BCUT2D eigenvalue weighted by molar-refractivity contribution is 6.07. The molecule has 0 amide bonds. The lowest BCUT2D eigenvalue weighted by atomic mass is 9.85. The van der Waals surface area contributed by atoms with Gasteiger partial charge in [0, 0.05) is 10.9 Å². The van der Waals surface area contributed by atoms with Crippen molar-refractivity contribution in [3.8, 4) is 33.9 Å². The number of alkyl halides is 3. The number of hydrogen-bond acceptors (Lipinski definition) is 3. The lowest BCUT2D eigenvalue weighted by molar-refractivity contribution is -0.137. The quantitative estimate of drug-likeness (QED) is 0.202. The van der Waals surface area contributed by atoms with Crippen molar-refractivity contribution in [1.82, 2.24) is 4.98 Å². The molecule has 0 atom stereocenters. The number of para-hydroxylation sites is 4. The first-order valence-electron chi connectivity index (χ1n) is 14.9. The van der Waals surface area contributed by atoms with Crippen molar-refractivity contribution < 1.29 is 17.9 Å². The molecule has 0 unspecified atom stereocenters. The number of fused-ring (bicyclic) bond motifs is 3. The Morgan fingerprint density at radius 1 is 0.622 bits per heavy atom. The van der Waals surface area contributed by atoms with Crippen molar-refractivity contribution in [1.29, 1.82) is 0 Å². The molecule has 1 aromatic heterocycles. The number of ether oxygens (including phenoxy) is 1. The van der Waals surface area contributed by atoms with Crippen LogP contribution in [0.4, 0.5) is 30.2 Å². The Balaban J connectivity index is 1.52. The van der Waals surface area contributed by atoms with E-state index in [9.17, 15) is 13.2 Å². The number of halogens is 3. The molecule has 0 saturated carbocycles. The van der Waals surface area contributed by atoms with Gasteiger partial charge in [-0.05, 0) is 83.1 Å². The highest BCUT2D eigenvalue weighted by Crippen LogP contribution is 2.52. The smallest absolute Gasteiger partial charge is 0.416 e. The molecule has 2 heterocycles. The topological polar surface area (TPSA) is 25.4 Å². The summed E-state index contributed by atoms with van der Waals surface area (Å²) in [6, 6.07) is 35.7. The van der Waals surface area contributed by atoms with Crippen LogP contribution in [0.15, 0.2) is 115 Å². The van der Waals surface area contributed by atoms with Crippen LogP contribution in [-0.4, -0.2) is 4.98 Å². The van der Waals surface area contributed by atoms with Crippen molar-refractivity contribution >= 4 is 28.0 Å². The second-order valence-corrected chi connectivity index (χ2v) is 12.5. The highest BCUT2D eigenvalue weighted by Gasteiger charge is 2.31. The van der Waals surface area contributed by atoms with Crippen molar-refractivity contribution in [3.05, 3.63) is 132 Å². The second kappa shape index (κ2) is 10.5. The first kappa shape index (κ1) is 28.7. The molecule has 224 valence electrons. The van der Waals surface area contributed by atoms with E-state index in [-0.39, 0.29) is 5.41 Å². The van der Waals surface area contributed by atoms with E-state index in [0.717, 1.165) is 68.3 Å². The van der Waals surface area contributed by atoms with Crippen LogP contribution in [0.3, 0.4) is 0 Å². The summed E-state index contributed by atoms with van der Waals surface area (Å²) in [4.78, 5) is 7.36. The van der Waals surface area contributed by atoms with E-state index in [1.54, 1.807) is 0 Å². The monoisotopic (exact) mass is 600 g/mol. The predicted octanol–water partition coefficient (Wildman–Crippen LogP) is 11.8. The average molecular weight is 601 g/mol. The number of anilines is 3. The summed E-state index contributed by atoms with van der Waals surface area (Å²) in [5, 5.41) is 0.980. The van der Waals surface area contributed by atoms with Gasteiger partial charge in [-0.1, -0.05) is 87.5 Å². The molecular weight excluding hydrogens is 569 g/mol. The minimum atomic E-state index is -4.42. The summed E-state index contributed by atoms with van der Waals surface area (Å²) in [5.41, 5.74) is 8.06. The van der Waals surface area contributed by atoms with Crippen molar-refractivity contribution in [3.63, 3.8) is 0 Å². The molecule has 5 aromatic carbocycles. The minimum Gasteiger partial charge on any atom is -0.453 e. The molecular formula is C39H31F3N2O. The maximum Gasteiger partial charge on any atom is 0.416 e. The third-order valence-corrected chi connectivity index (χ3v) is 8.39. The molecule has 6 heteroatoms. The molecule has 0 N–H and O–H groups in total. The summed E-state index contributed by atoms with van der Waals surface area (Å²) in [6.45, 7) is 8.61. The van der Waals surface area contributed by atoms with E-state index in [4.69, 9.17) is 9.72 Å². The SMILES string of the molecule is Cc1ccc(N2c3ccccc3Oc3ccccc32)c2nc(-c3ccc(C(F)(F)F)cc3)cc(-c3ccc(C(C)(C)C)cc3)c12. The van der Waals surface area contributed by atoms with Gasteiger partial charge in [-0.25, -0.2) is 4.98 Å². The molecule has 7 rings (SSSR count). The number of aromatic nitrogens is 1. The molecule has 1 aliphatic rings. The van der Waals surface area contributed by atoms with Crippen LogP contribution < -0.4 is 9.64 Å². The van der Waals surface area contributed by atoms with E-state index in [0.29, 0.717) is 11.3 Å². The second-order valence-electron chi connectivity index (χ2n) is 12.5. The van der Waals surface area contributed by atoms with Crippen LogP contribution >= 0.6 is 0 Å². The summed E-state index contributed by atoms with van der Waals surface area (Å²) < 4.78 is 46.6. The van der Waals surface area contributed by atoms with E-state index in [1.165, 1.54) is 17.7 Å². The van der Waals surface area contributed by atoms with Crippen molar-refractivity contribution in [2.45, 2.75) is 39.3 Å². The van der Waals surface area contributed by atoms with Gasteiger partial charge in [-0.2, -0.15) is 13.2 Å². The van der Waals surface area contributed by atoms with E-state index >= 15 is 0 Å². The van der Waals surface area contributed by atoms with Gasteiger partial charge >= 0.3 is 6.18 Å². The maximum absolute atomic E-state index is 13.4. The molecule has 0 radical (unpaired) electrons. The van der Waals surface area contributed by atoms with Gasteiger partial charge < -0.3 is 9.64 Å². The molecule has 0 fully saturated rings. The number of hydrogen-bond donors (Lipinski definition) is 0. The number of rotatable bonds is 3. The fourth-order valence-electron chi connectivity index (χ4n) is 6.00. The zero-order valence-electron chi connectivity index (χ0n) is 25.4. The lowest BCUT2D eigenvalue weighted by Gasteiger charge is -2.33. The minimum absolute atomic E-state index is 0.00949. The van der Waals surface area contributed by atoms with Crippen LogP contribution in [0.2, 0.25) is 0 Å². The summed E-state index contributed by atoms with van der Waals surface area (Å²) in [6.07, 6.45) is -4.42. The third kappa shape index (κ3) is 5.10. The van der Waals surface area contributed by atoms with Gasteiger partial charge in [0.2, 0.25) is 0 Å². The zero-order chi connectivity index (χ0) is 31.5. The molecule has 0 aliphatic carbocycles. The largest absolute Gasteiger partial charge is 0.453 e. The molecule has 6 aromatic rings. The number of aryl methyl sites for hydroxylation is 1. The van der Waals surface area contributed by atoms with Gasteiger partial charge in [-0.3, -0.25) is 0 Å². The number of nitrogens with zero attached hydrogens (tertiary/aromatic N) is 2. The third-order valence-electron chi connectivity index (χ3n) is 8.39. The first-order valence-corrected chi connectivity index (χ1v) is 14.9. The van der Waals surface area contributed by atoms with Crippen LogP contribution in [0, 0.1) is 6.92 Å². The van der Waals surface area contributed by atoms with E-state index in [2.05, 4.69) is 69.0 Å². The predicted molar refractivity (Wildman–Crippen MR) is 176 cm³/mol. The fraction of sp³-hybridized carbons (Fsp3) is 0.154. The van der Waals surface area contributed by atoms with Crippen LogP contribution in [0.1, 0.15) is 37.5 Å². The molecule has 0 bridgehead atoms. The molecule has 0 spiro atoms. The summed E-state index contributed by atoms with van der Waals surface area (Å²) in [5.74, 6) is 1.45. The van der Waals surface area contributed by atoms with Gasteiger partial charge in [0.25, 0.3) is 0 Å². The fourth-order valence-corrected chi connectivity index (χ4v) is 6.00. The molecule has 0 saturated heterocycles. The van der Waals surface area contributed by atoms with Gasteiger partial charge in [0.1, 0.15) is 0 Å². The summed E-state index contributed by atoms with van der Waals surface area (Å²) >= 11 is 0. The Labute approximate surface area is 260 Å². The Kier molecular flexibility index (Phi) is 6.70. The maximum atomic E-state index is 13.4. The Bertz CT molecular complexity index is 2010. The number of benzene rings is 5. The van der Waals surface area contributed by atoms with Crippen LogP contribution in [0.25, 0.3) is 33.3 Å². The zero-order valence-corrected chi connectivity index (χ0v) is 25.4. The van der Waals surface area contributed by atoms with E-state index in [1.807, 2.05) is 54.6 Å².